The predicted octanol–water partition coefficient (Wildman–Crippen LogP) is 1.71. The van der Waals surface area contributed by atoms with Crippen molar-refractivity contribution in [3.63, 3.8) is 0 Å². The molecule has 1 fully saturated rings. The molecule has 0 spiro atoms. The van der Waals surface area contributed by atoms with Gasteiger partial charge in [-0.25, -0.2) is 14.4 Å². The first-order valence-corrected chi connectivity index (χ1v) is 10.5. The van der Waals surface area contributed by atoms with E-state index in [4.69, 9.17) is 4.74 Å². The molecule has 4 heterocycles. The Bertz CT molecular complexity index is 1090. The van der Waals surface area contributed by atoms with Crippen molar-refractivity contribution in [2.75, 3.05) is 31.7 Å². The molecule has 11 heteroatoms. The molecule has 0 amide bonds. The number of aryl methyl sites for hydroxylation is 1. The van der Waals surface area contributed by atoms with E-state index in [0.29, 0.717) is 74.3 Å². The van der Waals surface area contributed by atoms with Gasteiger partial charge >= 0.3 is 0 Å². The molecular formula is C21H23FN8O2. The van der Waals surface area contributed by atoms with Crippen LogP contribution in [0, 0.1) is 23.1 Å². The normalized spacial score (nSPS) is 14.4. The lowest BCUT2D eigenvalue weighted by Crippen LogP contribution is -2.26. The summed E-state index contributed by atoms with van der Waals surface area (Å²) in [5, 5.41) is 17.4. The number of ketones is 1. The predicted molar refractivity (Wildman–Crippen MR) is 111 cm³/mol. The molecule has 0 aliphatic carbocycles. The molecule has 3 aliphatic rings. The Morgan fingerprint density at radius 2 is 2.06 bits per heavy atom. The fourth-order valence-electron chi connectivity index (χ4n) is 3.76. The highest BCUT2D eigenvalue weighted by molar-refractivity contribution is 5.85. The molecule has 4 rings (SSSR count). The van der Waals surface area contributed by atoms with Crippen LogP contribution in [0.3, 0.4) is 0 Å². The van der Waals surface area contributed by atoms with E-state index in [1.54, 1.807) is 0 Å². The Balaban J connectivity index is 1.51. The number of aromatic nitrogens is 6. The highest BCUT2D eigenvalue weighted by Gasteiger charge is 2.27. The van der Waals surface area contributed by atoms with Crippen molar-refractivity contribution in [1.82, 2.24) is 30.1 Å². The summed E-state index contributed by atoms with van der Waals surface area (Å²) < 4.78 is 18.3. The Kier molecular flexibility index (Phi) is 6.61. The molecule has 1 saturated heterocycles. The molecule has 3 aliphatic heterocycles. The largest absolute Gasteiger partial charge is 0.381 e. The zero-order valence-electron chi connectivity index (χ0n) is 17.7. The lowest BCUT2D eigenvalue weighted by molar-refractivity contribution is -0.125. The number of hydrogen-bond donors (Lipinski definition) is 1. The third kappa shape index (κ3) is 4.86. The summed E-state index contributed by atoms with van der Waals surface area (Å²) in [5.74, 6) is 1.00. The van der Waals surface area contributed by atoms with Gasteiger partial charge in [0.1, 0.15) is 17.7 Å². The maximum Gasteiger partial charge on any atom is 0.204 e. The number of hydrogen-bond acceptors (Lipinski definition) is 9. The van der Waals surface area contributed by atoms with Crippen molar-refractivity contribution in [1.29, 1.82) is 5.26 Å². The number of Topliss-reactive ketones (excluding diaryl/α,β-unsaturated/α-hetero) is 1. The van der Waals surface area contributed by atoms with Crippen LogP contribution in [0.15, 0.2) is 12.4 Å². The average Bonchev–Trinajstić information content (AvgIpc) is 3.24. The van der Waals surface area contributed by atoms with Gasteiger partial charge < -0.3 is 14.6 Å². The Hall–Kier alpha value is -3.52. The van der Waals surface area contributed by atoms with Crippen LogP contribution in [-0.4, -0.2) is 62.7 Å². The number of halogens is 1. The SMILES string of the molecule is CN(CCCc1ncc(F)cn1)c1nc2nnc(C#N)c-2c(CC(=O)C2CCOCC2)[nH]1. The number of nitrogens with one attached hydrogen (secondary N) is 1. The maximum absolute atomic E-state index is 13.0. The van der Waals surface area contributed by atoms with E-state index in [0.717, 1.165) is 12.4 Å². The lowest BCUT2D eigenvalue weighted by Gasteiger charge is -2.22. The summed E-state index contributed by atoms with van der Waals surface area (Å²) in [7, 11) is 1.86. The number of nitrogens with zero attached hydrogens (tertiary/aromatic N) is 7. The smallest absolute Gasteiger partial charge is 0.204 e. The summed E-state index contributed by atoms with van der Waals surface area (Å²) in [4.78, 5) is 30.4. The molecule has 1 N–H and O–H groups in total. The number of rotatable bonds is 8. The number of nitriles is 1. The second-order valence-corrected chi connectivity index (χ2v) is 7.77. The van der Waals surface area contributed by atoms with Crippen LogP contribution in [0.4, 0.5) is 10.3 Å². The van der Waals surface area contributed by atoms with Gasteiger partial charge in [0.2, 0.25) is 5.95 Å². The number of ether oxygens (including phenoxy) is 1. The minimum absolute atomic E-state index is 0.0568. The molecule has 166 valence electrons. The Morgan fingerprint density at radius 1 is 1.31 bits per heavy atom. The fraction of sp³-hybridized carbons (Fsp3) is 0.476. The molecule has 1 aromatic rings. The van der Waals surface area contributed by atoms with Crippen LogP contribution in [0.1, 0.15) is 36.5 Å². The highest BCUT2D eigenvalue weighted by Crippen LogP contribution is 2.28. The number of aromatic amines is 1. The van der Waals surface area contributed by atoms with Crippen LogP contribution < -0.4 is 4.90 Å². The third-order valence-electron chi connectivity index (χ3n) is 5.54. The fourth-order valence-corrected chi connectivity index (χ4v) is 3.76. The minimum atomic E-state index is -0.464. The zero-order chi connectivity index (χ0) is 22.5. The van der Waals surface area contributed by atoms with Gasteiger partial charge in [0.05, 0.1) is 18.0 Å². The zero-order valence-corrected chi connectivity index (χ0v) is 17.7. The van der Waals surface area contributed by atoms with Gasteiger partial charge in [-0.05, 0) is 19.3 Å². The molecule has 0 bridgehead atoms. The summed E-state index contributed by atoms with van der Waals surface area (Å²) in [6.45, 7) is 1.78. The van der Waals surface area contributed by atoms with E-state index in [1.807, 2.05) is 18.0 Å². The van der Waals surface area contributed by atoms with Crippen LogP contribution in [0.5, 0.6) is 0 Å². The van der Waals surface area contributed by atoms with Gasteiger partial charge in [-0.15, -0.1) is 10.2 Å². The van der Waals surface area contributed by atoms with Crippen molar-refractivity contribution in [3.05, 3.63) is 35.4 Å². The van der Waals surface area contributed by atoms with Crippen LogP contribution in [0.25, 0.3) is 11.4 Å². The second-order valence-electron chi connectivity index (χ2n) is 7.77. The standard InChI is InChI=1S/C21H23FN8O2/c1-30(6-2-3-18-24-11-14(22)12-25-18)21-26-15(9-17(31)13-4-7-32-8-5-13)19-16(10-23)28-29-20(19)27-21/h11-13H,2-9H2,1H3,(H,26,27,28,29). The summed E-state index contributed by atoms with van der Waals surface area (Å²) in [6.07, 6.45) is 5.15. The van der Waals surface area contributed by atoms with Gasteiger partial charge in [0, 0.05) is 51.3 Å². The van der Waals surface area contributed by atoms with Crippen molar-refractivity contribution >= 4 is 11.7 Å². The maximum atomic E-state index is 13.0. The average molecular weight is 438 g/mol. The molecular weight excluding hydrogens is 415 g/mol. The molecule has 1 aromatic heterocycles. The van der Waals surface area contributed by atoms with E-state index in [9.17, 15) is 14.4 Å². The first-order valence-electron chi connectivity index (χ1n) is 10.5. The molecule has 10 nitrogen and oxygen atoms in total. The third-order valence-corrected chi connectivity index (χ3v) is 5.54. The van der Waals surface area contributed by atoms with E-state index in [2.05, 4.69) is 30.1 Å². The van der Waals surface area contributed by atoms with Crippen molar-refractivity contribution < 1.29 is 13.9 Å². The molecule has 0 saturated carbocycles. The lowest BCUT2D eigenvalue weighted by atomic mass is 9.91. The number of H-pyrrole nitrogens is 1. The van der Waals surface area contributed by atoms with Crippen LogP contribution in [0.2, 0.25) is 0 Å². The molecule has 0 aromatic carbocycles. The van der Waals surface area contributed by atoms with E-state index in [1.165, 1.54) is 0 Å². The van der Waals surface area contributed by atoms with Gasteiger partial charge in [0.25, 0.3) is 0 Å². The van der Waals surface area contributed by atoms with Crippen molar-refractivity contribution in [2.24, 2.45) is 5.92 Å². The minimum Gasteiger partial charge on any atom is -0.381 e. The Morgan fingerprint density at radius 3 is 2.78 bits per heavy atom. The van der Waals surface area contributed by atoms with Gasteiger partial charge in [-0.1, -0.05) is 0 Å². The molecule has 0 atom stereocenters. The molecule has 32 heavy (non-hydrogen) atoms. The topological polar surface area (TPSA) is 134 Å². The summed E-state index contributed by atoms with van der Waals surface area (Å²) >= 11 is 0. The van der Waals surface area contributed by atoms with E-state index in [-0.39, 0.29) is 23.8 Å². The van der Waals surface area contributed by atoms with Gasteiger partial charge in [0.15, 0.2) is 17.3 Å². The van der Waals surface area contributed by atoms with Crippen molar-refractivity contribution in [2.45, 2.75) is 32.1 Å². The van der Waals surface area contributed by atoms with E-state index >= 15 is 0 Å². The first-order chi connectivity index (χ1) is 15.5. The first kappa shape index (κ1) is 21.7. The van der Waals surface area contributed by atoms with Gasteiger partial charge in [-0.2, -0.15) is 10.2 Å². The highest BCUT2D eigenvalue weighted by atomic mass is 19.1. The number of carbonyl (C=O) groups is 1. The van der Waals surface area contributed by atoms with Gasteiger partial charge in [-0.3, -0.25) is 4.79 Å². The van der Waals surface area contributed by atoms with Crippen LogP contribution in [-0.2, 0) is 22.4 Å². The van der Waals surface area contributed by atoms with Crippen molar-refractivity contribution in [3.8, 4) is 17.5 Å². The monoisotopic (exact) mass is 438 g/mol. The number of anilines is 1. The summed E-state index contributed by atoms with van der Waals surface area (Å²) in [6, 6.07) is 2.03. The van der Waals surface area contributed by atoms with E-state index < -0.39 is 5.82 Å². The molecule has 0 unspecified atom stereocenters. The quantitative estimate of drug-likeness (QED) is 0.558. The number of fused-ring (bicyclic) bond motifs is 1. The summed E-state index contributed by atoms with van der Waals surface area (Å²) in [5.41, 5.74) is 1.24. The second kappa shape index (κ2) is 9.74. The van der Waals surface area contributed by atoms with Crippen LogP contribution >= 0.6 is 0 Å². The molecule has 0 radical (unpaired) electrons. The number of carbonyl (C=O) groups excluding carboxylic acids is 1. The Labute approximate surface area is 184 Å².